The van der Waals surface area contributed by atoms with Crippen LogP contribution in [0, 0.1) is 18.8 Å². The smallest absolute Gasteiger partial charge is 0.264 e. The molecule has 0 spiro atoms. The summed E-state index contributed by atoms with van der Waals surface area (Å²) in [5, 5.41) is 3.63. The standard InChI is InChI=1S/C13H12ClN3O3S/c1-9-7-13(16-20-9)17-21(18,19)12-5-4-10(3-2-6-15)8-11(12)14/h4-5,7-8H,6,15H2,1H3,(H,16,17). The summed E-state index contributed by atoms with van der Waals surface area (Å²) in [7, 11) is -3.85. The van der Waals surface area contributed by atoms with Gasteiger partial charge >= 0.3 is 0 Å². The van der Waals surface area contributed by atoms with Crippen LogP contribution in [0.15, 0.2) is 33.7 Å². The number of halogens is 1. The normalized spacial score (nSPS) is 10.8. The first-order valence-corrected chi connectivity index (χ1v) is 7.73. The lowest BCUT2D eigenvalue weighted by Crippen LogP contribution is -2.13. The lowest BCUT2D eigenvalue weighted by molar-refractivity contribution is 0.400. The molecule has 1 heterocycles. The molecule has 8 heteroatoms. The molecule has 1 aromatic heterocycles. The number of sulfonamides is 1. The Kier molecular flexibility index (Phi) is 4.53. The first-order valence-electron chi connectivity index (χ1n) is 5.87. The van der Waals surface area contributed by atoms with E-state index in [-0.39, 0.29) is 22.3 Å². The predicted molar refractivity (Wildman–Crippen MR) is 79.4 cm³/mol. The van der Waals surface area contributed by atoms with E-state index in [0.29, 0.717) is 11.3 Å². The molecule has 2 aromatic rings. The minimum Gasteiger partial charge on any atom is -0.360 e. The summed E-state index contributed by atoms with van der Waals surface area (Å²) in [4.78, 5) is -0.0666. The molecule has 0 aliphatic carbocycles. The Hall–Kier alpha value is -2.01. The quantitative estimate of drug-likeness (QED) is 0.838. The first-order chi connectivity index (χ1) is 9.92. The zero-order valence-electron chi connectivity index (χ0n) is 11.1. The summed E-state index contributed by atoms with van der Waals surface area (Å²) >= 11 is 6.00. The molecule has 3 N–H and O–H groups in total. The van der Waals surface area contributed by atoms with Gasteiger partial charge in [-0.25, -0.2) is 8.42 Å². The van der Waals surface area contributed by atoms with Crippen molar-refractivity contribution < 1.29 is 12.9 Å². The van der Waals surface area contributed by atoms with Crippen LogP contribution in [0.3, 0.4) is 0 Å². The molecule has 0 bridgehead atoms. The van der Waals surface area contributed by atoms with E-state index < -0.39 is 10.0 Å². The summed E-state index contributed by atoms with van der Waals surface area (Å²) in [5.74, 6) is 6.02. The molecule has 0 radical (unpaired) electrons. The third-order valence-electron chi connectivity index (χ3n) is 2.42. The van der Waals surface area contributed by atoms with E-state index >= 15 is 0 Å². The molecule has 0 unspecified atom stereocenters. The number of hydrogen-bond acceptors (Lipinski definition) is 5. The Balaban J connectivity index is 2.32. The molecule has 2 rings (SSSR count). The van der Waals surface area contributed by atoms with E-state index in [1.54, 1.807) is 13.0 Å². The molecular weight excluding hydrogens is 314 g/mol. The lowest BCUT2D eigenvalue weighted by atomic mass is 10.2. The highest BCUT2D eigenvalue weighted by molar-refractivity contribution is 7.92. The average Bonchev–Trinajstić information content (AvgIpc) is 2.80. The Morgan fingerprint density at radius 2 is 2.19 bits per heavy atom. The van der Waals surface area contributed by atoms with Gasteiger partial charge in [0.05, 0.1) is 11.6 Å². The van der Waals surface area contributed by atoms with Gasteiger partial charge in [0.1, 0.15) is 10.7 Å². The van der Waals surface area contributed by atoms with Gasteiger partial charge in [-0.15, -0.1) is 0 Å². The van der Waals surface area contributed by atoms with Crippen LogP contribution in [0.4, 0.5) is 5.82 Å². The SMILES string of the molecule is Cc1cc(NS(=O)(=O)c2ccc(C#CCN)cc2Cl)no1. The van der Waals surface area contributed by atoms with Crippen LogP contribution in [-0.4, -0.2) is 20.1 Å². The zero-order chi connectivity index (χ0) is 15.5. The zero-order valence-corrected chi connectivity index (χ0v) is 12.6. The van der Waals surface area contributed by atoms with Gasteiger partial charge in [0, 0.05) is 11.6 Å². The van der Waals surface area contributed by atoms with Crippen LogP contribution in [0.5, 0.6) is 0 Å². The fraction of sp³-hybridized carbons (Fsp3) is 0.154. The number of benzene rings is 1. The van der Waals surface area contributed by atoms with Gasteiger partial charge in [-0.3, -0.25) is 4.72 Å². The predicted octanol–water partition coefficient (Wildman–Crippen LogP) is 1.75. The Bertz CT molecular complexity index is 819. The molecule has 0 aliphatic heterocycles. The first kappa shape index (κ1) is 15.4. The van der Waals surface area contributed by atoms with Crippen LogP contribution >= 0.6 is 11.6 Å². The van der Waals surface area contributed by atoms with Gasteiger partial charge in [0.2, 0.25) is 0 Å². The van der Waals surface area contributed by atoms with Crippen molar-refractivity contribution in [2.45, 2.75) is 11.8 Å². The second kappa shape index (κ2) is 6.18. The second-order valence-electron chi connectivity index (χ2n) is 4.08. The average molecular weight is 326 g/mol. The molecule has 0 aliphatic rings. The van der Waals surface area contributed by atoms with E-state index in [1.807, 2.05) is 0 Å². The Morgan fingerprint density at radius 1 is 1.43 bits per heavy atom. The third kappa shape index (κ3) is 3.76. The van der Waals surface area contributed by atoms with Crippen LogP contribution in [-0.2, 0) is 10.0 Å². The summed E-state index contributed by atoms with van der Waals surface area (Å²) in [6, 6.07) is 5.86. The van der Waals surface area contributed by atoms with E-state index in [4.69, 9.17) is 21.9 Å². The monoisotopic (exact) mass is 325 g/mol. The maximum Gasteiger partial charge on any atom is 0.264 e. The van der Waals surface area contributed by atoms with Crippen molar-refractivity contribution >= 4 is 27.4 Å². The van der Waals surface area contributed by atoms with Crippen molar-refractivity contribution in [2.75, 3.05) is 11.3 Å². The highest BCUT2D eigenvalue weighted by Gasteiger charge is 2.19. The van der Waals surface area contributed by atoms with Crippen molar-refractivity contribution in [1.82, 2.24) is 5.16 Å². The van der Waals surface area contributed by atoms with Crippen molar-refractivity contribution in [2.24, 2.45) is 5.73 Å². The van der Waals surface area contributed by atoms with Gasteiger partial charge in [0.15, 0.2) is 5.82 Å². The number of hydrogen-bond donors (Lipinski definition) is 2. The van der Waals surface area contributed by atoms with E-state index in [1.165, 1.54) is 18.2 Å². The second-order valence-corrected chi connectivity index (χ2v) is 6.14. The fourth-order valence-electron chi connectivity index (χ4n) is 1.56. The highest BCUT2D eigenvalue weighted by Crippen LogP contribution is 2.24. The van der Waals surface area contributed by atoms with Gasteiger partial charge in [-0.05, 0) is 25.1 Å². The van der Waals surface area contributed by atoms with Crippen LogP contribution < -0.4 is 10.5 Å². The Morgan fingerprint density at radius 3 is 2.76 bits per heavy atom. The largest absolute Gasteiger partial charge is 0.360 e. The number of aryl methyl sites for hydroxylation is 1. The van der Waals surface area contributed by atoms with Crippen LogP contribution in [0.2, 0.25) is 5.02 Å². The Labute approximate surface area is 127 Å². The maximum absolute atomic E-state index is 12.2. The molecule has 0 atom stereocenters. The van der Waals surface area contributed by atoms with E-state index in [0.717, 1.165) is 0 Å². The molecule has 0 fully saturated rings. The number of rotatable bonds is 3. The minimum atomic E-state index is -3.85. The maximum atomic E-state index is 12.2. The van der Waals surface area contributed by atoms with Gasteiger partial charge < -0.3 is 10.3 Å². The topological polar surface area (TPSA) is 98.2 Å². The molecule has 6 nitrogen and oxygen atoms in total. The van der Waals surface area contributed by atoms with Crippen molar-refractivity contribution in [3.63, 3.8) is 0 Å². The van der Waals surface area contributed by atoms with Gasteiger partial charge in [0.25, 0.3) is 10.0 Å². The summed E-state index contributed by atoms with van der Waals surface area (Å²) < 4.78 is 31.5. The number of anilines is 1. The molecule has 0 saturated carbocycles. The molecule has 21 heavy (non-hydrogen) atoms. The molecule has 110 valence electrons. The van der Waals surface area contributed by atoms with Crippen molar-refractivity contribution in [1.29, 1.82) is 0 Å². The third-order valence-corrected chi connectivity index (χ3v) is 4.26. The summed E-state index contributed by atoms with van der Waals surface area (Å²) in [6.45, 7) is 1.87. The van der Waals surface area contributed by atoms with Gasteiger partial charge in [-0.1, -0.05) is 28.6 Å². The molecule has 0 saturated heterocycles. The summed E-state index contributed by atoms with van der Waals surface area (Å²) in [6.07, 6.45) is 0. The number of aromatic nitrogens is 1. The van der Waals surface area contributed by atoms with Gasteiger partial charge in [-0.2, -0.15) is 0 Å². The van der Waals surface area contributed by atoms with Crippen LogP contribution in [0.1, 0.15) is 11.3 Å². The highest BCUT2D eigenvalue weighted by atomic mass is 35.5. The van der Waals surface area contributed by atoms with Crippen LogP contribution in [0.25, 0.3) is 0 Å². The number of nitrogens with one attached hydrogen (secondary N) is 1. The fourth-order valence-corrected chi connectivity index (χ4v) is 3.09. The number of nitrogens with zero attached hydrogens (tertiary/aromatic N) is 1. The van der Waals surface area contributed by atoms with E-state index in [9.17, 15) is 8.42 Å². The van der Waals surface area contributed by atoms with Crippen molar-refractivity contribution in [3.05, 3.63) is 40.6 Å². The molecule has 1 aromatic carbocycles. The number of nitrogens with two attached hydrogens (primary N) is 1. The van der Waals surface area contributed by atoms with Crippen molar-refractivity contribution in [3.8, 4) is 11.8 Å². The lowest BCUT2D eigenvalue weighted by Gasteiger charge is -2.07. The summed E-state index contributed by atoms with van der Waals surface area (Å²) in [5.41, 5.74) is 5.86. The molecule has 0 amide bonds. The minimum absolute atomic E-state index is 0.0616. The molecular formula is C13H12ClN3O3S. The van der Waals surface area contributed by atoms with E-state index in [2.05, 4.69) is 21.7 Å².